The molecule has 5 nitrogen and oxygen atoms in total. The van der Waals surface area contributed by atoms with Gasteiger partial charge in [0.2, 0.25) is 11.8 Å². The van der Waals surface area contributed by atoms with Gasteiger partial charge in [0.15, 0.2) is 0 Å². The van der Waals surface area contributed by atoms with E-state index in [4.69, 9.17) is 4.74 Å². The van der Waals surface area contributed by atoms with Crippen LogP contribution >= 0.6 is 0 Å². The topological polar surface area (TPSA) is 58.6 Å². The molecule has 1 atom stereocenters. The molecule has 116 valence electrons. The average molecular weight is 284 g/mol. The maximum atomic E-state index is 11.7. The van der Waals surface area contributed by atoms with E-state index in [-0.39, 0.29) is 17.9 Å². The highest BCUT2D eigenvalue weighted by Gasteiger charge is 2.21. The number of nitrogens with one attached hydrogen (secondary N) is 1. The minimum absolute atomic E-state index is 0.00970. The summed E-state index contributed by atoms with van der Waals surface area (Å²) in [5, 5.41) is 2.89. The van der Waals surface area contributed by atoms with Crippen LogP contribution in [0.15, 0.2) is 0 Å². The molecule has 0 aliphatic carbocycles. The Kier molecular flexibility index (Phi) is 7.59. The van der Waals surface area contributed by atoms with Gasteiger partial charge in [-0.15, -0.1) is 0 Å². The van der Waals surface area contributed by atoms with Gasteiger partial charge in [0.05, 0.1) is 6.10 Å². The number of carbonyl (C=O) groups is 2. The van der Waals surface area contributed by atoms with E-state index in [1.807, 2.05) is 0 Å². The number of hydrogen-bond donors (Lipinski definition) is 1. The van der Waals surface area contributed by atoms with Crippen molar-refractivity contribution in [3.63, 3.8) is 0 Å². The van der Waals surface area contributed by atoms with Gasteiger partial charge >= 0.3 is 0 Å². The highest BCUT2D eigenvalue weighted by atomic mass is 16.5. The summed E-state index contributed by atoms with van der Waals surface area (Å²) in [6, 6.07) is 0. The van der Waals surface area contributed by atoms with E-state index in [9.17, 15) is 9.59 Å². The normalized spacial score (nSPS) is 18.3. The smallest absolute Gasteiger partial charge is 0.221 e. The van der Waals surface area contributed by atoms with Gasteiger partial charge < -0.3 is 15.0 Å². The molecule has 0 aromatic carbocycles. The molecule has 2 amide bonds. The van der Waals surface area contributed by atoms with E-state index in [1.54, 1.807) is 11.8 Å². The van der Waals surface area contributed by atoms with E-state index < -0.39 is 0 Å². The van der Waals surface area contributed by atoms with Crippen LogP contribution < -0.4 is 5.32 Å². The van der Waals surface area contributed by atoms with Gasteiger partial charge in [-0.3, -0.25) is 9.59 Å². The Morgan fingerprint density at radius 2 is 2.15 bits per heavy atom. The van der Waals surface area contributed by atoms with Gasteiger partial charge in [0, 0.05) is 39.6 Å². The Morgan fingerprint density at radius 1 is 1.40 bits per heavy atom. The second kappa shape index (κ2) is 8.95. The van der Waals surface area contributed by atoms with E-state index >= 15 is 0 Å². The zero-order valence-electron chi connectivity index (χ0n) is 13.0. The van der Waals surface area contributed by atoms with Gasteiger partial charge in [-0.2, -0.15) is 0 Å². The molecule has 1 N–H and O–H groups in total. The fraction of sp³-hybridized carbons (Fsp3) is 0.867. The van der Waals surface area contributed by atoms with E-state index in [0.29, 0.717) is 32.0 Å². The minimum Gasteiger partial charge on any atom is -0.376 e. The number of nitrogens with zero attached hydrogens (tertiary/aromatic N) is 1. The van der Waals surface area contributed by atoms with Crippen molar-refractivity contribution in [2.75, 3.05) is 26.2 Å². The van der Waals surface area contributed by atoms with Gasteiger partial charge in [-0.25, -0.2) is 0 Å². The Labute approximate surface area is 122 Å². The monoisotopic (exact) mass is 284 g/mol. The molecular formula is C15H28N2O3. The second-order valence-electron chi connectivity index (χ2n) is 5.88. The lowest BCUT2D eigenvalue weighted by Gasteiger charge is -2.24. The molecule has 0 aromatic heterocycles. The quantitative estimate of drug-likeness (QED) is 0.736. The highest BCUT2D eigenvalue weighted by molar-refractivity contribution is 5.78. The molecule has 1 unspecified atom stereocenters. The lowest BCUT2D eigenvalue weighted by Crippen LogP contribution is -2.38. The number of carbonyl (C=O) groups excluding carboxylic acids is 2. The van der Waals surface area contributed by atoms with Gasteiger partial charge in [-0.05, 0) is 25.2 Å². The summed E-state index contributed by atoms with van der Waals surface area (Å²) >= 11 is 0. The molecule has 1 aliphatic rings. The molecule has 1 aliphatic heterocycles. The van der Waals surface area contributed by atoms with Crippen LogP contribution in [0.25, 0.3) is 0 Å². The number of ether oxygens (including phenoxy) is 1. The number of hydrogen-bond acceptors (Lipinski definition) is 3. The summed E-state index contributed by atoms with van der Waals surface area (Å²) in [4.78, 5) is 25.0. The third-order valence-corrected chi connectivity index (χ3v) is 3.55. The van der Waals surface area contributed by atoms with Crippen LogP contribution in [-0.4, -0.2) is 49.1 Å². The van der Waals surface area contributed by atoms with Crippen molar-refractivity contribution in [1.82, 2.24) is 10.2 Å². The van der Waals surface area contributed by atoms with Crippen molar-refractivity contribution >= 4 is 11.8 Å². The van der Waals surface area contributed by atoms with Crippen LogP contribution in [0.1, 0.15) is 46.5 Å². The van der Waals surface area contributed by atoms with Crippen molar-refractivity contribution in [2.24, 2.45) is 5.92 Å². The SMILES string of the molecule is CC(=O)N(CCC(=O)NCCC(C)C)CC1CCCO1. The molecule has 5 heteroatoms. The molecule has 20 heavy (non-hydrogen) atoms. The number of amides is 2. The Hall–Kier alpha value is -1.10. The van der Waals surface area contributed by atoms with Crippen molar-refractivity contribution in [1.29, 1.82) is 0 Å². The molecule has 0 radical (unpaired) electrons. The van der Waals surface area contributed by atoms with Crippen LogP contribution in [0.4, 0.5) is 0 Å². The number of rotatable bonds is 8. The van der Waals surface area contributed by atoms with Crippen molar-refractivity contribution < 1.29 is 14.3 Å². The Balaban J connectivity index is 2.23. The Bertz CT molecular complexity index is 312. The first-order valence-electron chi connectivity index (χ1n) is 7.63. The van der Waals surface area contributed by atoms with Crippen LogP contribution in [0, 0.1) is 5.92 Å². The van der Waals surface area contributed by atoms with Crippen LogP contribution in [0.2, 0.25) is 0 Å². The van der Waals surface area contributed by atoms with E-state index in [1.165, 1.54) is 0 Å². The van der Waals surface area contributed by atoms with Gasteiger partial charge in [0.1, 0.15) is 0 Å². The Morgan fingerprint density at radius 3 is 2.70 bits per heavy atom. The molecule has 1 saturated heterocycles. The lowest BCUT2D eigenvalue weighted by atomic mass is 10.1. The van der Waals surface area contributed by atoms with Crippen LogP contribution in [0.5, 0.6) is 0 Å². The fourth-order valence-electron chi connectivity index (χ4n) is 2.24. The van der Waals surface area contributed by atoms with Crippen LogP contribution in [0.3, 0.4) is 0 Å². The summed E-state index contributed by atoms with van der Waals surface area (Å²) in [6.07, 6.45) is 3.56. The minimum atomic E-state index is 0.00970. The third kappa shape index (κ3) is 6.89. The van der Waals surface area contributed by atoms with E-state index in [0.717, 1.165) is 25.9 Å². The largest absolute Gasteiger partial charge is 0.376 e. The van der Waals surface area contributed by atoms with E-state index in [2.05, 4.69) is 19.2 Å². The second-order valence-corrected chi connectivity index (χ2v) is 5.88. The fourth-order valence-corrected chi connectivity index (χ4v) is 2.24. The summed E-state index contributed by atoms with van der Waals surface area (Å²) < 4.78 is 5.54. The van der Waals surface area contributed by atoms with Crippen molar-refractivity contribution in [2.45, 2.75) is 52.6 Å². The highest BCUT2D eigenvalue weighted by Crippen LogP contribution is 2.13. The molecule has 0 spiro atoms. The summed E-state index contributed by atoms with van der Waals surface area (Å²) in [5.74, 6) is 0.614. The molecule has 1 heterocycles. The molecule has 0 aromatic rings. The summed E-state index contributed by atoms with van der Waals surface area (Å²) in [7, 11) is 0. The first-order valence-corrected chi connectivity index (χ1v) is 7.63. The maximum absolute atomic E-state index is 11.7. The molecule has 1 rings (SSSR count). The molecule has 1 fully saturated rings. The molecule has 0 saturated carbocycles. The van der Waals surface area contributed by atoms with Crippen LogP contribution in [-0.2, 0) is 14.3 Å². The molecule has 0 bridgehead atoms. The maximum Gasteiger partial charge on any atom is 0.221 e. The average Bonchev–Trinajstić information content (AvgIpc) is 2.86. The summed E-state index contributed by atoms with van der Waals surface area (Å²) in [5.41, 5.74) is 0. The zero-order valence-corrected chi connectivity index (χ0v) is 13.0. The first kappa shape index (κ1) is 17.0. The third-order valence-electron chi connectivity index (χ3n) is 3.55. The standard InChI is InChI=1S/C15H28N2O3/c1-12(2)6-8-16-15(19)7-9-17(13(3)18)11-14-5-4-10-20-14/h12,14H,4-11H2,1-3H3,(H,16,19). The first-order chi connectivity index (χ1) is 9.49. The predicted octanol–water partition coefficient (Wildman–Crippen LogP) is 1.57. The van der Waals surface area contributed by atoms with Gasteiger partial charge in [0.25, 0.3) is 0 Å². The van der Waals surface area contributed by atoms with Crippen molar-refractivity contribution in [3.05, 3.63) is 0 Å². The van der Waals surface area contributed by atoms with Crippen molar-refractivity contribution in [3.8, 4) is 0 Å². The lowest BCUT2D eigenvalue weighted by molar-refractivity contribution is -0.131. The van der Waals surface area contributed by atoms with Gasteiger partial charge in [-0.1, -0.05) is 13.8 Å². The zero-order chi connectivity index (χ0) is 15.0. The molecular weight excluding hydrogens is 256 g/mol. The predicted molar refractivity (Wildman–Crippen MR) is 78.3 cm³/mol. The summed E-state index contributed by atoms with van der Waals surface area (Å²) in [6.45, 7) is 8.38.